The highest BCUT2D eigenvalue weighted by molar-refractivity contribution is 7.91. The van der Waals surface area contributed by atoms with E-state index in [1.165, 1.54) is 0 Å². The van der Waals surface area contributed by atoms with E-state index in [1.54, 1.807) is 36.4 Å². The predicted octanol–water partition coefficient (Wildman–Crippen LogP) is 3.31. The number of hydrogen-bond donors (Lipinski definition) is 0. The molecule has 0 saturated heterocycles. The van der Waals surface area contributed by atoms with Gasteiger partial charge >= 0.3 is 0 Å². The molecule has 1 unspecified atom stereocenters. The van der Waals surface area contributed by atoms with Crippen LogP contribution < -0.4 is 0 Å². The van der Waals surface area contributed by atoms with Crippen molar-refractivity contribution in [3.8, 4) is 0 Å². The van der Waals surface area contributed by atoms with Gasteiger partial charge in [-0.1, -0.05) is 23.7 Å². The monoisotopic (exact) mass is 235 g/mol. The molecule has 0 spiro atoms. The molecule has 1 radical (unpaired) electrons. The Kier molecular flexibility index (Phi) is 3.31. The highest BCUT2D eigenvalue weighted by Crippen LogP contribution is 2.21. The molecule has 0 N–H and O–H groups in total. The highest BCUT2D eigenvalue weighted by atomic mass is 35.5. The smallest absolute Gasteiger partial charge is 0.159 e. The molecule has 0 fully saturated rings. The number of halogens is 1. The second kappa shape index (κ2) is 4.71. The average Bonchev–Trinajstić information content (AvgIpc) is 2.30. The van der Waals surface area contributed by atoms with Crippen molar-refractivity contribution < 1.29 is 4.55 Å². The molecule has 75 valence electrons. The molecule has 0 amide bonds. The summed E-state index contributed by atoms with van der Waals surface area (Å²) in [4.78, 5) is 1.50. The first kappa shape index (κ1) is 10.6. The van der Waals surface area contributed by atoms with Crippen molar-refractivity contribution in [2.45, 2.75) is 9.79 Å². The van der Waals surface area contributed by atoms with E-state index >= 15 is 0 Å². The van der Waals surface area contributed by atoms with Crippen LogP contribution in [0, 0.1) is 6.07 Å². The average molecular weight is 236 g/mol. The zero-order valence-corrected chi connectivity index (χ0v) is 9.39. The van der Waals surface area contributed by atoms with E-state index in [9.17, 15) is 4.55 Å². The van der Waals surface area contributed by atoms with Crippen LogP contribution in [-0.4, -0.2) is 4.55 Å². The van der Waals surface area contributed by atoms with Gasteiger partial charge in [0, 0.05) is 22.3 Å². The summed E-state index contributed by atoms with van der Waals surface area (Å²) >= 11 is 4.61. The van der Waals surface area contributed by atoms with Gasteiger partial charge in [0.05, 0.1) is 0 Å². The van der Waals surface area contributed by atoms with Gasteiger partial charge in [0.25, 0.3) is 0 Å². The van der Waals surface area contributed by atoms with Crippen LogP contribution in [0.2, 0.25) is 5.02 Å². The first-order valence-electron chi connectivity index (χ1n) is 4.41. The van der Waals surface area contributed by atoms with Crippen LogP contribution in [0.1, 0.15) is 0 Å². The van der Waals surface area contributed by atoms with E-state index in [0.29, 0.717) is 5.02 Å². The van der Waals surface area contributed by atoms with E-state index in [2.05, 4.69) is 6.07 Å². The molecule has 2 rings (SSSR count). The Labute approximate surface area is 96.9 Å². The topological polar surface area (TPSA) is 23.1 Å². The second-order valence-corrected chi connectivity index (χ2v) is 4.88. The molecular formula is C12H8ClOS. The first-order valence-corrected chi connectivity index (χ1v) is 5.93. The van der Waals surface area contributed by atoms with Crippen LogP contribution in [0.3, 0.4) is 0 Å². The summed E-state index contributed by atoms with van der Waals surface area (Å²) in [6, 6.07) is 17.1. The van der Waals surface area contributed by atoms with Gasteiger partial charge < -0.3 is 4.55 Å². The van der Waals surface area contributed by atoms with Gasteiger partial charge in [-0.25, -0.2) is 0 Å². The van der Waals surface area contributed by atoms with Gasteiger partial charge in [-0.2, -0.15) is 0 Å². The summed E-state index contributed by atoms with van der Waals surface area (Å²) in [5.74, 6) is 0. The first-order chi connectivity index (χ1) is 7.27. The van der Waals surface area contributed by atoms with Crippen molar-refractivity contribution in [3.63, 3.8) is 0 Å². The van der Waals surface area contributed by atoms with Crippen LogP contribution >= 0.6 is 11.6 Å². The second-order valence-electron chi connectivity index (χ2n) is 2.96. The van der Waals surface area contributed by atoms with E-state index in [0.717, 1.165) is 9.79 Å². The van der Waals surface area contributed by atoms with Gasteiger partial charge in [-0.3, -0.25) is 0 Å². The third-order valence-electron chi connectivity index (χ3n) is 1.92. The SMILES string of the molecule is [O-][S+](c1c[c]ccc1)c1ccc(Cl)cc1. The molecule has 0 saturated carbocycles. The number of hydrogen-bond acceptors (Lipinski definition) is 1. The fourth-order valence-electron chi connectivity index (χ4n) is 1.19. The molecule has 0 aromatic heterocycles. The molecule has 2 aromatic carbocycles. The maximum atomic E-state index is 12.0. The van der Waals surface area contributed by atoms with Crippen LogP contribution in [-0.2, 0) is 11.2 Å². The number of rotatable bonds is 2. The molecule has 0 bridgehead atoms. The molecule has 15 heavy (non-hydrogen) atoms. The Balaban J connectivity index is 2.29. The molecule has 0 aliphatic rings. The van der Waals surface area contributed by atoms with Crippen molar-refractivity contribution in [2.24, 2.45) is 0 Å². The largest absolute Gasteiger partial charge is 0.606 e. The zero-order valence-electron chi connectivity index (χ0n) is 7.81. The summed E-state index contributed by atoms with van der Waals surface area (Å²) in [7, 11) is 0. The summed E-state index contributed by atoms with van der Waals surface area (Å²) in [6.07, 6.45) is 0. The molecule has 2 aromatic rings. The normalized spacial score (nSPS) is 12.4. The maximum absolute atomic E-state index is 12.0. The van der Waals surface area contributed by atoms with E-state index in [-0.39, 0.29) is 0 Å². The Morgan fingerprint density at radius 2 is 1.80 bits per heavy atom. The highest BCUT2D eigenvalue weighted by Gasteiger charge is 2.13. The molecule has 3 heteroatoms. The standard InChI is InChI=1S/C12H8ClOS/c13-10-6-8-12(9-7-10)15(14)11-4-2-1-3-5-11/h1-2,4-9H. The van der Waals surface area contributed by atoms with E-state index in [4.69, 9.17) is 11.6 Å². The Hall–Kier alpha value is -0.960. The van der Waals surface area contributed by atoms with Gasteiger partial charge in [0.15, 0.2) is 9.79 Å². The van der Waals surface area contributed by atoms with Crippen LogP contribution in [0.15, 0.2) is 58.3 Å². The van der Waals surface area contributed by atoms with Crippen molar-refractivity contribution in [1.82, 2.24) is 0 Å². The quantitative estimate of drug-likeness (QED) is 0.733. The lowest BCUT2D eigenvalue weighted by molar-refractivity contribution is 0.595. The summed E-state index contributed by atoms with van der Waals surface area (Å²) in [5, 5.41) is 0.648. The van der Waals surface area contributed by atoms with Crippen molar-refractivity contribution in [1.29, 1.82) is 0 Å². The number of benzene rings is 2. The molecule has 0 heterocycles. The van der Waals surface area contributed by atoms with Crippen molar-refractivity contribution in [3.05, 3.63) is 59.6 Å². The minimum atomic E-state index is -1.14. The van der Waals surface area contributed by atoms with Crippen molar-refractivity contribution >= 4 is 22.8 Å². The lowest BCUT2D eigenvalue weighted by Crippen LogP contribution is -2.01. The third-order valence-corrected chi connectivity index (χ3v) is 3.55. The minimum Gasteiger partial charge on any atom is -0.606 e. The fraction of sp³-hybridized carbons (Fsp3) is 0. The van der Waals surface area contributed by atoms with Gasteiger partial charge in [-0.05, 0) is 36.4 Å². The maximum Gasteiger partial charge on any atom is 0.159 e. The van der Waals surface area contributed by atoms with Crippen LogP contribution in [0.5, 0.6) is 0 Å². The molecule has 0 aliphatic carbocycles. The van der Waals surface area contributed by atoms with E-state index < -0.39 is 11.2 Å². The lowest BCUT2D eigenvalue weighted by Gasteiger charge is -2.08. The van der Waals surface area contributed by atoms with Crippen LogP contribution in [0.4, 0.5) is 0 Å². The molecule has 1 atom stereocenters. The van der Waals surface area contributed by atoms with Gasteiger partial charge in [0.1, 0.15) is 0 Å². The van der Waals surface area contributed by atoms with Crippen LogP contribution in [0.25, 0.3) is 0 Å². The Bertz CT molecular complexity index is 427. The predicted molar refractivity (Wildman–Crippen MR) is 61.4 cm³/mol. The summed E-state index contributed by atoms with van der Waals surface area (Å²) < 4.78 is 12.0. The van der Waals surface area contributed by atoms with Gasteiger partial charge in [-0.15, -0.1) is 0 Å². The Morgan fingerprint density at radius 1 is 1.07 bits per heavy atom. The summed E-state index contributed by atoms with van der Waals surface area (Å²) in [6.45, 7) is 0. The van der Waals surface area contributed by atoms with Crippen molar-refractivity contribution in [2.75, 3.05) is 0 Å². The molecular weight excluding hydrogens is 228 g/mol. The fourth-order valence-corrected chi connectivity index (χ4v) is 2.35. The molecule has 1 nitrogen and oxygen atoms in total. The molecule has 0 aliphatic heterocycles. The minimum absolute atomic E-state index is 0.648. The van der Waals surface area contributed by atoms with Gasteiger partial charge in [0.2, 0.25) is 0 Å². The lowest BCUT2D eigenvalue weighted by atomic mass is 10.4. The zero-order chi connectivity index (χ0) is 10.7. The third kappa shape index (κ3) is 2.53. The Morgan fingerprint density at radius 3 is 2.40 bits per heavy atom. The van der Waals surface area contributed by atoms with E-state index in [1.807, 2.05) is 12.1 Å². The summed E-state index contributed by atoms with van der Waals surface area (Å²) in [5.41, 5.74) is 0.